The summed E-state index contributed by atoms with van der Waals surface area (Å²) in [5.41, 5.74) is 2.65. The number of amides is 1. The van der Waals surface area contributed by atoms with Gasteiger partial charge in [0.15, 0.2) is 0 Å². The second kappa shape index (κ2) is 7.62. The van der Waals surface area contributed by atoms with Gasteiger partial charge in [0.05, 0.1) is 13.2 Å². The fraction of sp³-hybridized carbons (Fsp3) is 0.524. The first-order valence-electron chi connectivity index (χ1n) is 9.27. The Labute approximate surface area is 160 Å². The zero-order valence-electron chi connectivity index (χ0n) is 16.4. The van der Waals surface area contributed by atoms with Crippen LogP contribution in [0.1, 0.15) is 45.6 Å². The van der Waals surface area contributed by atoms with Crippen molar-refractivity contribution < 1.29 is 23.8 Å². The summed E-state index contributed by atoms with van der Waals surface area (Å²) >= 11 is 0. The molecule has 6 heteroatoms. The molecule has 1 saturated heterocycles. The van der Waals surface area contributed by atoms with Crippen molar-refractivity contribution in [3.05, 3.63) is 35.4 Å². The molecule has 2 heterocycles. The summed E-state index contributed by atoms with van der Waals surface area (Å²) in [5.74, 6) is 0.791. The molecule has 27 heavy (non-hydrogen) atoms. The van der Waals surface area contributed by atoms with Crippen molar-refractivity contribution in [2.24, 2.45) is 0 Å². The van der Waals surface area contributed by atoms with E-state index in [2.05, 4.69) is 0 Å². The smallest absolute Gasteiger partial charge is 0.411 e. The summed E-state index contributed by atoms with van der Waals surface area (Å²) in [7, 11) is 1.64. The van der Waals surface area contributed by atoms with E-state index in [0.29, 0.717) is 6.47 Å². The molecule has 0 aliphatic carbocycles. The molecule has 0 spiro atoms. The van der Waals surface area contributed by atoms with E-state index in [-0.39, 0.29) is 24.8 Å². The molecule has 6 nitrogen and oxygen atoms in total. The Morgan fingerprint density at radius 3 is 2.52 bits per heavy atom. The molecule has 1 aromatic carbocycles. The van der Waals surface area contributed by atoms with Crippen LogP contribution in [0.15, 0.2) is 29.8 Å². The zero-order valence-corrected chi connectivity index (χ0v) is 16.4. The van der Waals surface area contributed by atoms with Crippen LogP contribution in [0.2, 0.25) is 0 Å². The van der Waals surface area contributed by atoms with Gasteiger partial charge < -0.3 is 14.2 Å². The molecule has 1 amide bonds. The van der Waals surface area contributed by atoms with Gasteiger partial charge in [-0.15, -0.1) is 0 Å². The minimum atomic E-state index is -0.546. The van der Waals surface area contributed by atoms with Crippen LogP contribution in [0.3, 0.4) is 0 Å². The van der Waals surface area contributed by atoms with Gasteiger partial charge in [0.2, 0.25) is 0 Å². The van der Waals surface area contributed by atoms with E-state index >= 15 is 0 Å². The minimum Gasteiger partial charge on any atom is -0.497 e. The summed E-state index contributed by atoms with van der Waals surface area (Å²) in [6, 6.07) is 7.86. The van der Waals surface area contributed by atoms with Crippen LogP contribution in [0.5, 0.6) is 5.75 Å². The average Bonchev–Trinajstić information content (AvgIpc) is 2.95. The highest BCUT2D eigenvalue weighted by atomic mass is 16.6. The summed E-state index contributed by atoms with van der Waals surface area (Å²) in [6.07, 6.45) is 2.18. The fourth-order valence-corrected chi connectivity index (χ4v) is 3.99. The lowest BCUT2D eigenvalue weighted by molar-refractivity contribution is -0.127. The number of carbonyl (C=O) groups excluding carboxylic acids is 2. The molecule has 2 aliphatic rings. The Bertz CT molecular complexity index is 732. The number of benzene rings is 1. The summed E-state index contributed by atoms with van der Waals surface area (Å²) < 4.78 is 16.0. The molecule has 146 valence electrons. The van der Waals surface area contributed by atoms with Crippen LogP contribution in [0.25, 0.3) is 5.57 Å². The maximum Gasteiger partial charge on any atom is 0.411 e. The van der Waals surface area contributed by atoms with Gasteiger partial charge in [-0.05, 0) is 68.9 Å². The molecule has 0 radical (unpaired) electrons. The molecule has 2 atom stereocenters. The second-order valence-corrected chi connectivity index (χ2v) is 7.98. The number of methoxy groups -OCH3 is 1. The molecule has 0 saturated carbocycles. The van der Waals surface area contributed by atoms with Crippen LogP contribution >= 0.6 is 0 Å². The maximum atomic E-state index is 12.8. The molecule has 3 rings (SSSR count). The number of nitrogens with zero attached hydrogens (tertiary/aromatic N) is 1. The van der Waals surface area contributed by atoms with E-state index in [1.165, 1.54) is 0 Å². The van der Waals surface area contributed by atoms with Gasteiger partial charge in [-0.25, -0.2) is 4.79 Å². The zero-order chi connectivity index (χ0) is 19.6. The third-order valence-corrected chi connectivity index (χ3v) is 5.08. The number of ether oxygens (including phenoxy) is 3. The van der Waals surface area contributed by atoms with Crippen molar-refractivity contribution in [3.8, 4) is 5.75 Å². The predicted octanol–water partition coefficient (Wildman–Crippen LogP) is 3.79. The SMILES string of the molecule is COc1ccc(C2=C(COC=O)C3CCC(C2)N3C(=O)OC(C)(C)C)cc1. The van der Waals surface area contributed by atoms with Crippen LogP contribution in [0, 0.1) is 0 Å². The summed E-state index contributed by atoms with van der Waals surface area (Å²) in [6.45, 7) is 6.24. The number of hydrogen-bond acceptors (Lipinski definition) is 5. The van der Waals surface area contributed by atoms with Crippen LogP contribution in [-0.4, -0.2) is 48.9 Å². The molecule has 0 aromatic heterocycles. The van der Waals surface area contributed by atoms with Crippen LogP contribution in [-0.2, 0) is 14.3 Å². The Kier molecular flexibility index (Phi) is 5.44. The van der Waals surface area contributed by atoms with Gasteiger partial charge in [0.1, 0.15) is 18.0 Å². The van der Waals surface area contributed by atoms with Crippen molar-refractivity contribution in [1.29, 1.82) is 0 Å². The standard InChI is InChI=1S/C21H27NO5/c1-21(2,3)27-20(24)22-15-7-10-19(22)18(12-26-13-23)17(11-15)14-5-8-16(25-4)9-6-14/h5-6,8-9,13,15,19H,7,10-12H2,1-4H3. The van der Waals surface area contributed by atoms with E-state index in [1.807, 2.05) is 49.9 Å². The molecular weight excluding hydrogens is 346 g/mol. The van der Waals surface area contributed by atoms with Gasteiger partial charge in [-0.3, -0.25) is 9.69 Å². The van der Waals surface area contributed by atoms with Crippen molar-refractivity contribution >= 4 is 18.1 Å². The Balaban J connectivity index is 1.95. The molecule has 1 aromatic rings. The fourth-order valence-electron chi connectivity index (χ4n) is 3.99. The van der Waals surface area contributed by atoms with Gasteiger partial charge in [0.25, 0.3) is 6.47 Å². The highest BCUT2D eigenvalue weighted by Crippen LogP contribution is 2.43. The maximum absolute atomic E-state index is 12.8. The van der Waals surface area contributed by atoms with Gasteiger partial charge in [0, 0.05) is 6.04 Å². The quantitative estimate of drug-likeness (QED) is 0.735. The van der Waals surface area contributed by atoms with Gasteiger partial charge >= 0.3 is 6.09 Å². The molecule has 2 aliphatic heterocycles. The Morgan fingerprint density at radius 1 is 1.22 bits per heavy atom. The number of carbonyl (C=O) groups is 2. The number of hydrogen-bond donors (Lipinski definition) is 0. The normalized spacial score (nSPS) is 21.9. The first-order valence-corrected chi connectivity index (χ1v) is 9.27. The topological polar surface area (TPSA) is 65.1 Å². The van der Waals surface area contributed by atoms with E-state index in [1.54, 1.807) is 7.11 Å². The van der Waals surface area contributed by atoms with Crippen molar-refractivity contribution in [1.82, 2.24) is 4.90 Å². The van der Waals surface area contributed by atoms with Crippen LogP contribution < -0.4 is 4.74 Å². The van der Waals surface area contributed by atoms with Crippen molar-refractivity contribution in [3.63, 3.8) is 0 Å². The Morgan fingerprint density at radius 2 is 1.93 bits per heavy atom. The Hall–Kier alpha value is -2.50. The summed E-state index contributed by atoms with van der Waals surface area (Å²) in [5, 5.41) is 0. The largest absolute Gasteiger partial charge is 0.497 e. The third-order valence-electron chi connectivity index (χ3n) is 5.08. The van der Waals surface area contributed by atoms with Gasteiger partial charge in [-0.1, -0.05) is 12.1 Å². The monoisotopic (exact) mass is 373 g/mol. The first-order chi connectivity index (χ1) is 12.8. The van der Waals surface area contributed by atoms with E-state index in [4.69, 9.17) is 14.2 Å². The van der Waals surface area contributed by atoms with E-state index in [9.17, 15) is 9.59 Å². The third kappa shape index (κ3) is 4.10. The highest BCUT2D eigenvalue weighted by molar-refractivity contribution is 5.78. The molecule has 2 bridgehead atoms. The predicted molar refractivity (Wildman–Crippen MR) is 101 cm³/mol. The molecule has 2 unspecified atom stereocenters. The number of rotatable bonds is 5. The average molecular weight is 373 g/mol. The van der Waals surface area contributed by atoms with E-state index < -0.39 is 5.60 Å². The summed E-state index contributed by atoms with van der Waals surface area (Å²) in [4.78, 5) is 25.4. The van der Waals surface area contributed by atoms with Gasteiger partial charge in [-0.2, -0.15) is 0 Å². The van der Waals surface area contributed by atoms with Crippen molar-refractivity contribution in [2.75, 3.05) is 13.7 Å². The lowest BCUT2D eigenvalue weighted by Gasteiger charge is -2.38. The lowest BCUT2D eigenvalue weighted by Crippen LogP contribution is -2.48. The molecule has 1 fully saturated rings. The number of fused-ring (bicyclic) bond motifs is 2. The highest BCUT2D eigenvalue weighted by Gasteiger charge is 2.45. The lowest BCUT2D eigenvalue weighted by atomic mass is 9.89. The van der Waals surface area contributed by atoms with Crippen LogP contribution in [0.4, 0.5) is 4.79 Å². The molecule has 0 N–H and O–H groups in total. The van der Waals surface area contributed by atoms with Crippen molar-refractivity contribution in [2.45, 2.75) is 57.7 Å². The van der Waals surface area contributed by atoms with E-state index in [0.717, 1.165) is 41.7 Å². The first kappa shape index (κ1) is 19.3. The minimum absolute atomic E-state index is 0.0990. The molecular formula is C21H27NO5. The second-order valence-electron chi connectivity index (χ2n) is 7.98.